The van der Waals surface area contributed by atoms with Crippen LogP contribution in [0.3, 0.4) is 0 Å². The number of aliphatic hydroxyl groups is 1. The number of aliphatic hydroxyl groups excluding tert-OH is 1. The minimum atomic E-state index is -1.03. The molecule has 0 bridgehead atoms. The summed E-state index contributed by atoms with van der Waals surface area (Å²) in [6.45, 7) is 3.98. The van der Waals surface area contributed by atoms with Crippen molar-refractivity contribution in [3.63, 3.8) is 0 Å². The molecule has 98 valence electrons. The van der Waals surface area contributed by atoms with Gasteiger partial charge < -0.3 is 20.4 Å². The average molecular weight is 244 g/mol. The van der Waals surface area contributed by atoms with Crippen LogP contribution in [0.4, 0.5) is 4.79 Å². The van der Waals surface area contributed by atoms with Gasteiger partial charge in [0, 0.05) is 6.54 Å². The molecule has 1 heterocycles. The van der Waals surface area contributed by atoms with Gasteiger partial charge in [-0.25, -0.2) is 9.59 Å². The summed E-state index contributed by atoms with van der Waals surface area (Å²) in [7, 11) is 0. The molecule has 0 aromatic carbocycles. The Morgan fingerprint density at radius 3 is 2.59 bits per heavy atom. The minimum Gasteiger partial charge on any atom is -0.480 e. The maximum absolute atomic E-state index is 11.9. The van der Waals surface area contributed by atoms with Gasteiger partial charge in [-0.1, -0.05) is 13.8 Å². The summed E-state index contributed by atoms with van der Waals surface area (Å²) >= 11 is 0. The lowest BCUT2D eigenvalue weighted by Crippen LogP contribution is -2.51. The number of rotatable bonds is 4. The number of carbonyl (C=O) groups excluding carboxylic acids is 1. The van der Waals surface area contributed by atoms with Crippen LogP contribution < -0.4 is 5.32 Å². The standard InChI is InChI=1S/C11H20N2O4/c1-7(2)9(10(15)16)12-11(17)13-5-3-4-8(13)6-14/h7-9,14H,3-6H2,1-2H3,(H,12,17)(H,15,16). The van der Waals surface area contributed by atoms with E-state index in [1.165, 1.54) is 4.90 Å². The number of amides is 2. The van der Waals surface area contributed by atoms with Crippen LogP contribution >= 0.6 is 0 Å². The molecule has 0 aromatic heterocycles. The van der Waals surface area contributed by atoms with E-state index in [9.17, 15) is 9.59 Å². The molecule has 0 radical (unpaired) electrons. The average Bonchev–Trinajstić information content (AvgIpc) is 2.72. The van der Waals surface area contributed by atoms with E-state index in [1.54, 1.807) is 13.8 Å². The molecule has 0 aliphatic carbocycles. The molecule has 1 fully saturated rings. The van der Waals surface area contributed by atoms with Crippen LogP contribution in [0.25, 0.3) is 0 Å². The predicted molar refractivity (Wildman–Crippen MR) is 61.6 cm³/mol. The van der Waals surface area contributed by atoms with Crippen molar-refractivity contribution in [1.82, 2.24) is 10.2 Å². The highest BCUT2D eigenvalue weighted by Crippen LogP contribution is 2.17. The second-order valence-corrected chi connectivity index (χ2v) is 4.68. The lowest BCUT2D eigenvalue weighted by molar-refractivity contribution is -0.140. The normalized spacial score (nSPS) is 21.6. The highest BCUT2D eigenvalue weighted by Gasteiger charge is 2.31. The molecule has 6 nitrogen and oxygen atoms in total. The summed E-state index contributed by atoms with van der Waals surface area (Å²) in [5, 5.41) is 20.6. The van der Waals surface area contributed by atoms with Crippen LogP contribution in [0, 0.1) is 5.92 Å². The fourth-order valence-electron chi connectivity index (χ4n) is 2.02. The van der Waals surface area contributed by atoms with Gasteiger partial charge in [0.25, 0.3) is 0 Å². The zero-order valence-corrected chi connectivity index (χ0v) is 10.2. The summed E-state index contributed by atoms with van der Waals surface area (Å²) in [6, 6.07) is -1.47. The van der Waals surface area contributed by atoms with Gasteiger partial charge >= 0.3 is 12.0 Å². The van der Waals surface area contributed by atoms with E-state index in [0.717, 1.165) is 12.8 Å². The molecule has 1 aliphatic rings. The Hall–Kier alpha value is -1.30. The van der Waals surface area contributed by atoms with E-state index in [1.807, 2.05) is 0 Å². The van der Waals surface area contributed by atoms with Crippen molar-refractivity contribution in [2.24, 2.45) is 5.92 Å². The maximum Gasteiger partial charge on any atom is 0.326 e. The number of carboxylic acid groups (broad SMARTS) is 1. The molecule has 6 heteroatoms. The van der Waals surface area contributed by atoms with Crippen molar-refractivity contribution in [2.75, 3.05) is 13.2 Å². The topological polar surface area (TPSA) is 89.9 Å². The first kappa shape index (κ1) is 13.8. The number of aliphatic carboxylic acids is 1. The van der Waals surface area contributed by atoms with Crippen LogP contribution in [0.5, 0.6) is 0 Å². The molecule has 0 aromatic rings. The van der Waals surface area contributed by atoms with E-state index in [-0.39, 0.29) is 18.6 Å². The highest BCUT2D eigenvalue weighted by molar-refractivity contribution is 5.83. The number of nitrogens with one attached hydrogen (secondary N) is 1. The van der Waals surface area contributed by atoms with Crippen molar-refractivity contribution in [2.45, 2.75) is 38.8 Å². The Balaban J connectivity index is 2.61. The fraction of sp³-hybridized carbons (Fsp3) is 0.818. The van der Waals surface area contributed by atoms with E-state index in [0.29, 0.717) is 6.54 Å². The SMILES string of the molecule is CC(C)C(NC(=O)N1CCCC1CO)C(=O)O. The molecule has 1 aliphatic heterocycles. The maximum atomic E-state index is 11.9. The van der Waals surface area contributed by atoms with Crippen LogP contribution in [-0.2, 0) is 4.79 Å². The van der Waals surface area contributed by atoms with Gasteiger partial charge in [0.1, 0.15) is 6.04 Å². The quantitative estimate of drug-likeness (QED) is 0.661. The molecule has 0 spiro atoms. The highest BCUT2D eigenvalue weighted by atomic mass is 16.4. The molecular weight excluding hydrogens is 224 g/mol. The third kappa shape index (κ3) is 3.33. The first-order valence-electron chi connectivity index (χ1n) is 5.88. The molecule has 1 rings (SSSR count). The fourth-order valence-corrected chi connectivity index (χ4v) is 2.02. The number of urea groups is 1. The smallest absolute Gasteiger partial charge is 0.326 e. The Morgan fingerprint density at radius 2 is 2.12 bits per heavy atom. The Kier molecular flexibility index (Phi) is 4.74. The molecular formula is C11H20N2O4. The van der Waals surface area contributed by atoms with Crippen LogP contribution in [0.15, 0.2) is 0 Å². The van der Waals surface area contributed by atoms with Crippen LogP contribution in [0.1, 0.15) is 26.7 Å². The number of hydrogen-bond acceptors (Lipinski definition) is 3. The molecule has 0 saturated carbocycles. The van der Waals surface area contributed by atoms with E-state index in [4.69, 9.17) is 10.2 Å². The second kappa shape index (κ2) is 5.86. The minimum absolute atomic E-state index is 0.0766. The Labute approximate surface area is 101 Å². The van der Waals surface area contributed by atoms with E-state index < -0.39 is 18.0 Å². The third-order valence-corrected chi connectivity index (χ3v) is 3.06. The lowest BCUT2D eigenvalue weighted by Gasteiger charge is -2.26. The van der Waals surface area contributed by atoms with Gasteiger partial charge in [0.05, 0.1) is 12.6 Å². The van der Waals surface area contributed by atoms with Crippen molar-refractivity contribution in [3.8, 4) is 0 Å². The first-order chi connectivity index (χ1) is 7.97. The van der Waals surface area contributed by atoms with Crippen LogP contribution in [-0.4, -0.2) is 52.3 Å². The predicted octanol–water partition coefficient (Wildman–Crippen LogP) is 0.262. The van der Waals surface area contributed by atoms with Gasteiger partial charge in [-0.05, 0) is 18.8 Å². The van der Waals surface area contributed by atoms with Gasteiger partial charge in [0.2, 0.25) is 0 Å². The van der Waals surface area contributed by atoms with Crippen molar-refractivity contribution < 1.29 is 19.8 Å². The number of carboxylic acids is 1. The molecule has 2 atom stereocenters. The summed E-state index contributed by atoms with van der Waals surface area (Å²) in [5.41, 5.74) is 0. The van der Waals surface area contributed by atoms with Crippen LogP contribution in [0.2, 0.25) is 0 Å². The molecule has 2 amide bonds. The number of likely N-dealkylation sites (tertiary alicyclic amines) is 1. The first-order valence-corrected chi connectivity index (χ1v) is 5.88. The number of hydrogen-bond donors (Lipinski definition) is 3. The number of nitrogens with zero attached hydrogens (tertiary/aromatic N) is 1. The van der Waals surface area contributed by atoms with E-state index >= 15 is 0 Å². The van der Waals surface area contributed by atoms with Crippen molar-refractivity contribution in [1.29, 1.82) is 0 Å². The van der Waals surface area contributed by atoms with Gasteiger partial charge in [-0.2, -0.15) is 0 Å². The van der Waals surface area contributed by atoms with Gasteiger partial charge in [0.15, 0.2) is 0 Å². The summed E-state index contributed by atoms with van der Waals surface area (Å²) in [4.78, 5) is 24.3. The van der Waals surface area contributed by atoms with E-state index in [2.05, 4.69) is 5.32 Å². The zero-order chi connectivity index (χ0) is 13.0. The largest absolute Gasteiger partial charge is 0.480 e. The zero-order valence-electron chi connectivity index (χ0n) is 10.2. The summed E-state index contributed by atoms with van der Waals surface area (Å²) in [5.74, 6) is -1.21. The third-order valence-electron chi connectivity index (χ3n) is 3.06. The Morgan fingerprint density at radius 1 is 1.47 bits per heavy atom. The second-order valence-electron chi connectivity index (χ2n) is 4.68. The molecule has 2 unspecified atom stereocenters. The van der Waals surface area contributed by atoms with Gasteiger partial charge in [-0.15, -0.1) is 0 Å². The lowest BCUT2D eigenvalue weighted by atomic mass is 10.1. The Bertz CT molecular complexity index is 293. The van der Waals surface area contributed by atoms with Gasteiger partial charge in [-0.3, -0.25) is 0 Å². The number of carbonyl (C=O) groups is 2. The van der Waals surface area contributed by atoms with Crippen molar-refractivity contribution in [3.05, 3.63) is 0 Å². The molecule has 1 saturated heterocycles. The monoisotopic (exact) mass is 244 g/mol. The molecule has 3 N–H and O–H groups in total. The summed E-state index contributed by atoms with van der Waals surface area (Å²) < 4.78 is 0. The molecule has 17 heavy (non-hydrogen) atoms. The van der Waals surface area contributed by atoms with Crippen molar-refractivity contribution >= 4 is 12.0 Å². The summed E-state index contributed by atoms with van der Waals surface area (Å²) in [6.07, 6.45) is 1.61.